The van der Waals surface area contributed by atoms with Crippen LogP contribution in [-0.4, -0.2) is 49.2 Å². The second kappa shape index (κ2) is 10.5. The van der Waals surface area contributed by atoms with Crippen molar-refractivity contribution in [2.45, 2.75) is 111 Å². The van der Waals surface area contributed by atoms with E-state index in [0.29, 0.717) is 35.3 Å². The maximum atomic E-state index is 12.0. The molecule has 0 amide bonds. The number of carboxylic acids is 1. The summed E-state index contributed by atoms with van der Waals surface area (Å²) < 4.78 is 2.36. The van der Waals surface area contributed by atoms with Gasteiger partial charge in [-0.3, -0.25) is 0 Å². The number of aromatic carboxylic acids is 1. The first-order valence-electron chi connectivity index (χ1n) is 14.4. The zero-order chi connectivity index (χ0) is 25.4. The molecular formula is C28H44N6O2. The van der Waals surface area contributed by atoms with Crippen LogP contribution in [0.15, 0.2) is 0 Å². The number of anilines is 2. The zero-order valence-electron chi connectivity index (χ0n) is 22.5. The van der Waals surface area contributed by atoms with E-state index in [0.717, 1.165) is 43.3 Å². The van der Waals surface area contributed by atoms with Crippen molar-refractivity contribution in [2.75, 3.05) is 16.8 Å². The van der Waals surface area contributed by atoms with Gasteiger partial charge in [0.25, 0.3) is 0 Å². The molecule has 0 bridgehead atoms. The molecular weight excluding hydrogens is 452 g/mol. The van der Waals surface area contributed by atoms with Crippen LogP contribution in [0, 0.1) is 23.7 Å². The number of imidazole rings is 1. The molecule has 1 unspecified atom stereocenters. The summed E-state index contributed by atoms with van der Waals surface area (Å²) in [5.41, 5.74) is 1.39. The van der Waals surface area contributed by atoms with Crippen molar-refractivity contribution in [1.82, 2.24) is 19.5 Å². The maximum absolute atomic E-state index is 12.0. The van der Waals surface area contributed by atoms with Gasteiger partial charge in [-0.2, -0.15) is 4.98 Å². The second-order valence-electron chi connectivity index (χ2n) is 12.1. The highest BCUT2D eigenvalue weighted by atomic mass is 16.4. The second-order valence-corrected chi connectivity index (χ2v) is 12.1. The number of piperidine rings is 1. The summed E-state index contributed by atoms with van der Waals surface area (Å²) in [6.45, 7) is 11.0. The fourth-order valence-corrected chi connectivity index (χ4v) is 6.56. The molecule has 8 nitrogen and oxygen atoms in total. The Hall–Kier alpha value is -2.38. The van der Waals surface area contributed by atoms with Crippen LogP contribution in [0.3, 0.4) is 0 Å². The Balaban J connectivity index is 1.62. The summed E-state index contributed by atoms with van der Waals surface area (Å²) in [5, 5.41) is 13.4. The van der Waals surface area contributed by atoms with Gasteiger partial charge in [-0.15, -0.1) is 0 Å². The van der Waals surface area contributed by atoms with Crippen LogP contribution in [0.2, 0.25) is 0 Å². The molecule has 5 rings (SSSR count). The number of rotatable bonds is 8. The first kappa shape index (κ1) is 25.3. The largest absolute Gasteiger partial charge is 0.475 e. The smallest absolute Gasteiger partial charge is 0.374 e. The van der Waals surface area contributed by atoms with E-state index in [-0.39, 0.29) is 11.9 Å². The molecule has 2 aliphatic carbocycles. The van der Waals surface area contributed by atoms with E-state index >= 15 is 0 Å². The van der Waals surface area contributed by atoms with Crippen molar-refractivity contribution in [1.29, 1.82) is 0 Å². The van der Waals surface area contributed by atoms with E-state index in [1.165, 1.54) is 51.4 Å². The summed E-state index contributed by atoms with van der Waals surface area (Å²) in [6, 6.07) is 0.664. The lowest BCUT2D eigenvalue weighted by Gasteiger charge is -2.39. The number of hydrogen-bond acceptors (Lipinski definition) is 6. The van der Waals surface area contributed by atoms with E-state index in [1.54, 1.807) is 0 Å². The molecule has 8 heteroatoms. The van der Waals surface area contributed by atoms with E-state index in [4.69, 9.17) is 4.98 Å². The van der Waals surface area contributed by atoms with Gasteiger partial charge < -0.3 is 19.9 Å². The van der Waals surface area contributed by atoms with Crippen LogP contribution in [0.1, 0.15) is 103 Å². The van der Waals surface area contributed by atoms with Gasteiger partial charge in [0.1, 0.15) is 5.52 Å². The molecule has 3 heterocycles. The van der Waals surface area contributed by atoms with Gasteiger partial charge in [0, 0.05) is 25.2 Å². The highest BCUT2D eigenvalue weighted by Gasteiger charge is 2.33. The zero-order valence-corrected chi connectivity index (χ0v) is 22.5. The molecule has 0 radical (unpaired) electrons. The van der Waals surface area contributed by atoms with Crippen LogP contribution < -0.4 is 10.2 Å². The minimum absolute atomic E-state index is 0.174. The molecule has 36 heavy (non-hydrogen) atoms. The van der Waals surface area contributed by atoms with Gasteiger partial charge in [0.05, 0.1) is 0 Å². The van der Waals surface area contributed by atoms with Crippen LogP contribution >= 0.6 is 0 Å². The van der Waals surface area contributed by atoms with Gasteiger partial charge >= 0.3 is 5.97 Å². The third-order valence-electron chi connectivity index (χ3n) is 9.15. The van der Waals surface area contributed by atoms with Crippen LogP contribution in [0.5, 0.6) is 0 Å². The SMILES string of the molecule is CC1CCC(Cn2c(N3CCCCC3C(C)C)nc3nc(C(=O)O)nc(N[C@H](C)C4CCC4)c32)CC1. The number of carboxylic acid groups (broad SMARTS) is 1. The van der Waals surface area contributed by atoms with Crippen molar-refractivity contribution in [3.05, 3.63) is 5.82 Å². The standard InChI is InChI=1S/C28H44N6O2/c1-17(2)22-10-5-6-15-33(22)28-32-25-23(34(28)16-20-13-11-18(3)12-14-20)24(30-26(31-25)27(35)36)29-19(4)21-8-7-9-21/h17-22H,5-16H2,1-4H3,(H,35,36)(H,29,30,31)/t18?,19-,20?,22?/m1/s1. The lowest BCUT2D eigenvalue weighted by Crippen LogP contribution is -2.44. The summed E-state index contributed by atoms with van der Waals surface area (Å²) in [4.78, 5) is 28.6. The lowest BCUT2D eigenvalue weighted by molar-refractivity contribution is 0.0684. The van der Waals surface area contributed by atoms with E-state index in [1.807, 2.05) is 0 Å². The minimum atomic E-state index is -1.10. The van der Waals surface area contributed by atoms with Crippen molar-refractivity contribution in [3.63, 3.8) is 0 Å². The van der Waals surface area contributed by atoms with E-state index in [2.05, 4.69) is 52.4 Å². The van der Waals surface area contributed by atoms with Gasteiger partial charge in [0.15, 0.2) is 11.5 Å². The Bertz CT molecular complexity index is 1070. The van der Waals surface area contributed by atoms with Crippen molar-refractivity contribution in [2.24, 2.45) is 23.7 Å². The summed E-state index contributed by atoms with van der Waals surface area (Å²) in [5.74, 6) is 2.83. The van der Waals surface area contributed by atoms with E-state index < -0.39 is 5.97 Å². The average molecular weight is 497 g/mol. The van der Waals surface area contributed by atoms with Crippen LogP contribution in [0.4, 0.5) is 11.8 Å². The molecule has 2 aromatic rings. The topological polar surface area (TPSA) is 96.2 Å². The third kappa shape index (κ3) is 5.05. The third-order valence-corrected chi connectivity index (χ3v) is 9.15. The predicted octanol–water partition coefficient (Wildman–Crippen LogP) is 5.97. The number of nitrogens with one attached hydrogen (secondary N) is 1. The first-order valence-corrected chi connectivity index (χ1v) is 14.4. The quantitative estimate of drug-likeness (QED) is 0.465. The minimum Gasteiger partial charge on any atom is -0.475 e. The number of carbonyl (C=O) groups is 1. The fraction of sp³-hybridized carbons (Fsp3) is 0.786. The van der Waals surface area contributed by atoms with E-state index in [9.17, 15) is 9.90 Å². The summed E-state index contributed by atoms with van der Waals surface area (Å²) in [6.07, 6.45) is 12.3. The highest BCUT2D eigenvalue weighted by Crippen LogP contribution is 2.37. The molecule has 1 aliphatic heterocycles. The number of aromatic nitrogens is 4. The first-order chi connectivity index (χ1) is 17.3. The molecule has 2 N–H and O–H groups in total. The predicted molar refractivity (Wildman–Crippen MR) is 144 cm³/mol. The van der Waals surface area contributed by atoms with Gasteiger partial charge in [-0.05, 0) is 75.5 Å². The molecule has 0 spiro atoms. The Morgan fingerprint density at radius 3 is 2.39 bits per heavy atom. The van der Waals surface area contributed by atoms with Crippen molar-refractivity contribution < 1.29 is 9.90 Å². The monoisotopic (exact) mass is 496 g/mol. The average Bonchev–Trinajstić information content (AvgIpc) is 3.17. The Kier molecular flexibility index (Phi) is 7.40. The summed E-state index contributed by atoms with van der Waals surface area (Å²) >= 11 is 0. The number of hydrogen-bond donors (Lipinski definition) is 2. The number of fused-ring (bicyclic) bond motifs is 1. The molecule has 2 saturated carbocycles. The van der Waals surface area contributed by atoms with Crippen LogP contribution in [0.25, 0.3) is 11.2 Å². The molecule has 3 aliphatic rings. The Labute approximate surface area is 215 Å². The maximum Gasteiger partial charge on any atom is 0.374 e. The van der Waals surface area contributed by atoms with Gasteiger partial charge in [-0.25, -0.2) is 14.8 Å². The molecule has 198 valence electrons. The molecule has 3 fully saturated rings. The molecule has 2 aromatic heterocycles. The Morgan fingerprint density at radius 2 is 1.75 bits per heavy atom. The molecule has 0 aromatic carbocycles. The lowest BCUT2D eigenvalue weighted by atomic mass is 9.80. The van der Waals surface area contributed by atoms with Gasteiger partial charge in [0.2, 0.25) is 11.8 Å². The van der Waals surface area contributed by atoms with Crippen molar-refractivity contribution in [3.8, 4) is 0 Å². The van der Waals surface area contributed by atoms with Crippen molar-refractivity contribution >= 4 is 28.9 Å². The van der Waals surface area contributed by atoms with Gasteiger partial charge in [-0.1, -0.05) is 40.0 Å². The normalized spacial score (nSPS) is 26.2. The fourth-order valence-electron chi connectivity index (χ4n) is 6.56. The van der Waals surface area contributed by atoms with Crippen LogP contribution in [-0.2, 0) is 6.54 Å². The molecule has 1 saturated heterocycles. The number of nitrogens with zero attached hydrogens (tertiary/aromatic N) is 5. The highest BCUT2D eigenvalue weighted by molar-refractivity contribution is 5.91. The Morgan fingerprint density at radius 1 is 1.00 bits per heavy atom. The summed E-state index contributed by atoms with van der Waals surface area (Å²) in [7, 11) is 0. The molecule has 2 atom stereocenters.